The van der Waals surface area contributed by atoms with Gasteiger partial charge in [-0.25, -0.2) is 0 Å². The molecule has 0 amide bonds. The first-order chi connectivity index (χ1) is 6.45. The zero-order valence-corrected chi connectivity index (χ0v) is 11.9. The molecule has 0 fully saturated rings. The van der Waals surface area contributed by atoms with Gasteiger partial charge < -0.3 is 0 Å². The van der Waals surface area contributed by atoms with Gasteiger partial charge in [0.15, 0.2) is 0 Å². The second kappa shape index (κ2) is 6.44. The SMILES string of the molecule is [Na].c1ccc([Se]c2ccccc2)cc1. The van der Waals surface area contributed by atoms with E-state index in [4.69, 9.17) is 0 Å². The van der Waals surface area contributed by atoms with Crippen LogP contribution in [0.3, 0.4) is 0 Å². The van der Waals surface area contributed by atoms with Crippen molar-refractivity contribution in [2.24, 2.45) is 0 Å². The summed E-state index contributed by atoms with van der Waals surface area (Å²) in [5, 5.41) is 0. The Bertz CT molecular complexity index is 321. The number of hydrogen-bond acceptors (Lipinski definition) is 0. The number of rotatable bonds is 2. The van der Waals surface area contributed by atoms with Crippen LogP contribution in [-0.4, -0.2) is 44.5 Å². The van der Waals surface area contributed by atoms with Crippen LogP contribution in [0, 0.1) is 0 Å². The van der Waals surface area contributed by atoms with E-state index in [9.17, 15) is 0 Å². The molecule has 2 heteroatoms. The van der Waals surface area contributed by atoms with Gasteiger partial charge in [0.2, 0.25) is 0 Å². The van der Waals surface area contributed by atoms with Crippen LogP contribution in [0.15, 0.2) is 60.7 Å². The van der Waals surface area contributed by atoms with E-state index >= 15 is 0 Å². The summed E-state index contributed by atoms with van der Waals surface area (Å²) < 4.78 is 2.86. The molecular weight excluding hydrogens is 246 g/mol. The van der Waals surface area contributed by atoms with Crippen molar-refractivity contribution in [2.75, 3.05) is 0 Å². The van der Waals surface area contributed by atoms with E-state index in [2.05, 4.69) is 60.7 Å². The molecule has 2 aromatic rings. The van der Waals surface area contributed by atoms with E-state index < -0.39 is 0 Å². The number of benzene rings is 2. The Hall–Kier alpha value is -0.0405. The Morgan fingerprint density at radius 1 is 0.571 bits per heavy atom. The summed E-state index contributed by atoms with van der Waals surface area (Å²) in [5.41, 5.74) is 0. The van der Waals surface area contributed by atoms with Crippen molar-refractivity contribution in [3.8, 4) is 0 Å². The van der Waals surface area contributed by atoms with Crippen molar-refractivity contribution >= 4 is 53.4 Å². The molecule has 2 rings (SSSR count). The Balaban J connectivity index is 0.000000980. The first-order valence-corrected chi connectivity index (χ1v) is 5.94. The molecule has 0 saturated carbocycles. The quantitative estimate of drug-likeness (QED) is 0.702. The predicted molar refractivity (Wildman–Crippen MR) is 63.7 cm³/mol. The molecule has 0 aliphatic carbocycles. The normalized spacial score (nSPS) is 9.14. The van der Waals surface area contributed by atoms with Gasteiger partial charge in [0.05, 0.1) is 0 Å². The molecule has 0 nitrogen and oxygen atoms in total. The third kappa shape index (κ3) is 3.61. The van der Waals surface area contributed by atoms with Crippen LogP contribution in [-0.2, 0) is 0 Å². The van der Waals surface area contributed by atoms with Crippen LogP contribution >= 0.6 is 0 Å². The molecule has 14 heavy (non-hydrogen) atoms. The van der Waals surface area contributed by atoms with Crippen LogP contribution in [0.1, 0.15) is 0 Å². The molecule has 0 aliphatic heterocycles. The first kappa shape index (κ1) is 12.0. The van der Waals surface area contributed by atoms with Gasteiger partial charge in [0, 0.05) is 29.6 Å². The average molecular weight is 256 g/mol. The molecule has 0 atom stereocenters. The fourth-order valence-corrected chi connectivity index (χ4v) is 2.91. The summed E-state index contributed by atoms with van der Waals surface area (Å²) in [6.07, 6.45) is 0. The first-order valence-electron chi connectivity index (χ1n) is 4.23. The molecule has 0 aromatic heterocycles. The van der Waals surface area contributed by atoms with Gasteiger partial charge in [0.25, 0.3) is 0 Å². The summed E-state index contributed by atoms with van der Waals surface area (Å²) in [6, 6.07) is 21.3. The molecule has 0 spiro atoms. The van der Waals surface area contributed by atoms with Crippen molar-refractivity contribution < 1.29 is 0 Å². The van der Waals surface area contributed by atoms with Crippen LogP contribution in [0.2, 0.25) is 0 Å². The van der Waals surface area contributed by atoms with E-state index in [1.54, 1.807) is 0 Å². The van der Waals surface area contributed by atoms with Crippen molar-refractivity contribution in [1.82, 2.24) is 0 Å². The third-order valence-corrected chi connectivity index (χ3v) is 3.85. The topological polar surface area (TPSA) is 0 Å². The molecule has 0 bridgehead atoms. The Morgan fingerprint density at radius 3 is 1.29 bits per heavy atom. The van der Waals surface area contributed by atoms with Gasteiger partial charge in [-0.3, -0.25) is 0 Å². The minimum atomic E-state index is 0. The van der Waals surface area contributed by atoms with Gasteiger partial charge in [-0.2, -0.15) is 0 Å². The third-order valence-electron chi connectivity index (χ3n) is 1.72. The van der Waals surface area contributed by atoms with Crippen molar-refractivity contribution in [3.05, 3.63) is 60.7 Å². The molecule has 0 heterocycles. The maximum absolute atomic E-state index is 2.19. The summed E-state index contributed by atoms with van der Waals surface area (Å²) in [4.78, 5) is 0. The van der Waals surface area contributed by atoms with Gasteiger partial charge in [0.1, 0.15) is 0 Å². The van der Waals surface area contributed by atoms with Gasteiger partial charge in [-0.1, -0.05) is 0 Å². The van der Waals surface area contributed by atoms with Gasteiger partial charge in [-0.15, -0.1) is 0 Å². The molecule has 0 saturated heterocycles. The van der Waals surface area contributed by atoms with Crippen molar-refractivity contribution in [1.29, 1.82) is 0 Å². The van der Waals surface area contributed by atoms with Crippen molar-refractivity contribution in [3.63, 3.8) is 0 Å². The van der Waals surface area contributed by atoms with Crippen LogP contribution in [0.25, 0.3) is 0 Å². The van der Waals surface area contributed by atoms with E-state index in [1.165, 1.54) is 8.92 Å². The second-order valence-electron chi connectivity index (χ2n) is 2.73. The average Bonchev–Trinajstić information content (AvgIpc) is 2.21. The summed E-state index contributed by atoms with van der Waals surface area (Å²) in [6.45, 7) is 0. The van der Waals surface area contributed by atoms with E-state index in [0.717, 1.165) is 0 Å². The van der Waals surface area contributed by atoms with Crippen LogP contribution < -0.4 is 8.92 Å². The molecule has 0 aliphatic rings. The molecule has 65 valence electrons. The van der Waals surface area contributed by atoms with E-state index in [-0.39, 0.29) is 29.6 Å². The minimum absolute atomic E-state index is 0. The monoisotopic (exact) mass is 257 g/mol. The summed E-state index contributed by atoms with van der Waals surface area (Å²) in [5.74, 6) is 0. The fourth-order valence-electron chi connectivity index (χ4n) is 1.11. The summed E-state index contributed by atoms with van der Waals surface area (Å²) >= 11 is 0.461. The Labute approximate surface area is 113 Å². The Morgan fingerprint density at radius 2 is 0.929 bits per heavy atom. The zero-order valence-electron chi connectivity index (χ0n) is 8.18. The maximum atomic E-state index is 2.19. The van der Waals surface area contributed by atoms with E-state index in [1.807, 2.05) is 0 Å². The van der Waals surface area contributed by atoms with Crippen molar-refractivity contribution in [2.45, 2.75) is 0 Å². The summed E-state index contributed by atoms with van der Waals surface area (Å²) in [7, 11) is 0. The van der Waals surface area contributed by atoms with Crippen LogP contribution in [0.4, 0.5) is 0 Å². The fraction of sp³-hybridized carbons (Fsp3) is 0. The molecule has 1 radical (unpaired) electrons. The molecule has 0 unspecified atom stereocenters. The molecule has 2 aromatic carbocycles. The predicted octanol–water partition coefficient (Wildman–Crippen LogP) is 0.961. The van der Waals surface area contributed by atoms with Gasteiger partial charge in [-0.05, 0) is 0 Å². The second-order valence-corrected chi connectivity index (χ2v) is 5.13. The molecular formula is C12H10NaSe. The van der Waals surface area contributed by atoms with Crippen LogP contribution in [0.5, 0.6) is 0 Å². The standard InChI is InChI=1S/C12H10Se.Na/c1-3-7-11(8-4-1)13-12-9-5-2-6-10-12;/h1-10H;. The zero-order chi connectivity index (χ0) is 8.93. The Kier molecular flexibility index (Phi) is 5.54. The molecule has 0 N–H and O–H groups in total. The number of hydrogen-bond donors (Lipinski definition) is 0. The van der Waals surface area contributed by atoms with E-state index in [0.29, 0.717) is 15.0 Å². The van der Waals surface area contributed by atoms with Gasteiger partial charge >= 0.3 is 84.5 Å².